The summed E-state index contributed by atoms with van der Waals surface area (Å²) >= 11 is 0. The normalized spacial score (nSPS) is 14.2. The summed E-state index contributed by atoms with van der Waals surface area (Å²) in [6.45, 7) is 1.51. The van der Waals surface area contributed by atoms with Crippen LogP contribution in [-0.2, 0) is 19.6 Å². The molecule has 2 atom stereocenters. The van der Waals surface area contributed by atoms with Crippen LogP contribution in [0.1, 0.15) is 18.5 Å². The molecular weight excluding hydrogens is 399 g/mol. The summed E-state index contributed by atoms with van der Waals surface area (Å²) in [6.07, 6.45) is -4.88. The van der Waals surface area contributed by atoms with E-state index in [-0.39, 0.29) is 4.90 Å². The van der Waals surface area contributed by atoms with Gasteiger partial charge in [0.25, 0.3) is 0 Å². The zero-order valence-electron chi connectivity index (χ0n) is 14.9. The summed E-state index contributed by atoms with van der Waals surface area (Å²) in [5, 5.41) is 0. The Morgan fingerprint density at radius 2 is 1.61 bits per heavy atom. The molecule has 6 nitrogen and oxygen atoms in total. The molecule has 0 saturated heterocycles. The molecule has 0 heterocycles. The quantitative estimate of drug-likeness (QED) is 0.699. The minimum Gasteiger partial charge on any atom is -0.469 e. The smallest absolute Gasteiger partial charge is 0.469 e. The third kappa shape index (κ3) is 5.70. The zero-order chi connectivity index (χ0) is 20.9. The van der Waals surface area contributed by atoms with Gasteiger partial charge in [-0.3, -0.25) is 4.79 Å². The van der Waals surface area contributed by atoms with E-state index in [1.165, 1.54) is 14.0 Å². The average molecular weight is 417 g/mol. The highest BCUT2D eigenvalue weighted by Gasteiger charge is 2.32. The number of halogens is 3. The monoisotopic (exact) mass is 417 g/mol. The number of esters is 1. The lowest BCUT2D eigenvalue weighted by Crippen LogP contribution is -2.36. The summed E-state index contributed by atoms with van der Waals surface area (Å²) in [5.41, 5.74) is 0.529. The molecule has 10 heteroatoms. The van der Waals surface area contributed by atoms with E-state index in [0.717, 1.165) is 24.3 Å². The first kappa shape index (κ1) is 21.7. The standard InChI is InChI=1S/C18H18F3NO5S/c1-12(17(23)26-2)16(13-6-4-3-5-7-13)22-28(24,25)15-10-8-14(9-11-15)27-18(19,20)21/h3-12,16,22H,1-2H3. The Kier molecular flexibility index (Phi) is 6.68. The second-order valence-electron chi connectivity index (χ2n) is 5.84. The Morgan fingerprint density at radius 3 is 2.11 bits per heavy atom. The van der Waals surface area contributed by atoms with Crippen LogP contribution in [0.25, 0.3) is 0 Å². The van der Waals surface area contributed by atoms with Crippen LogP contribution in [0.3, 0.4) is 0 Å². The first-order valence-corrected chi connectivity index (χ1v) is 9.53. The molecule has 0 fully saturated rings. The van der Waals surface area contributed by atoms with Gasteiger partial charge >= 0.3 is 12.3 Å². The van der Waals surface area contributed by atoms with Gasteiger partial charge in [-0.15, -0.1) is 13.2 Å². The second kappa shape index (κ2) is 8.61. The zero-order valence-corrected chi connectivity index (χ0v) is 15.8. The summed E-state index contributed by atoms with van der Waals surface area (Å²) in [5.74, 6) is -2.02. The van der Waals surface area contributed by atoms with Crippen LogP contribution < -0.4 is 9.46 Å². The molecule has 0 saturated carbocycles. The fourth-order valence-corrected chi connectivity index (χ4v) is 3.80. The number of rotatable bonds is 7. The molecule has 2 aromatic rings. The number of methoxy groups -OCH3 is 1. The highest BCUT2D eigenvalue weighted by Crippen LogP contribution is 2.27. The lowest BCUT2D eigenvalue weighted by molar-refractivity contribution is -0.274. The van der Waals surface area contributed by atoms with Crippen molar-refractivity contribution in [3.63, 3.8) is 0 Å². The van der Waals surface area contributed by atoms with Crippen molar-refractivity contribution >= 4 is 16.0 Å². The topological polar surface area (TPSA) is 81.7 Å². The maximum absolute atomic E-state index is 12.7. The van der Waals surface area contributed by atoms with E-state index >= 15 is 0 Å². The third-order valence-corrected chi connectivity index (χ3v) is 5.34. The largest absolute Gasteiger partial charge is 0.573 e. The number of carbonyl (C=O) groups is 1. The number of hydrogen-bond acceptors (Lipinski definition) is 5. The van der Waals surface area contributed by atoms with Gasteiger partial charge in [-0.1, -0.05) is 37.3 Å². The molecule has 152 valence electrons. The van der Waals surface area contributed by atoms with Crippen molar-refractivity contribution in [1.29, 1.82) is 0 Å². The molecular formula is C18H18F3NO5S. The molecule has 0 aliphatic rings. The number of sulfonamides is 1. The molecule has 0 spiro atoms. The first-order chi connectivity index (χ1) is 13.0. The molecule has 0 aliphatic carbocycles. The molecule has 0 amide bonds. The van der Waals surface area contributed by atoms with Crippen LogP contribution in [-0.4, -0.2) is 27.9 Å². The predicted octanol–water partition coefficient (Wildman–Crippen LogP) is 3.41. The van der Waals surface area contributed by atoms with Crippen molar-refractivity contribution in [2.45, 2.75) is 24.2 Å². The van der Waals surface area contributed by atoms with Gasteiger partial charge in [0.2, 0.25) is 10.0 Å². The number of nitrogens with one attached hydrogen (secondary N) is 1. The summed E-state index contributed by atoms with van der Waals surface area (Å²) in [6, 6.07) is 11.2. The highest BCUT2D eigenvalue weighted by atomic mass is 32.2. The molecule has 2 unspecified atom stereocenters. The molecule has 28 heavy (non-hydrogen) atoms. The van der Waals surface area contributed by atoms with Gasteiger partial charge in [0.1, 0.15) is 5.75 Å². The van der Waals surface area contributed by atoms with E-state index in [1.54, 1.807) is 30.3 Å². The van der Waals surface area contributed by atoms with Crippen LogP contribution in [0, 0.1) is 5.92 Å². The predicted molar refractivity (Wildman–Crippen MR) is 93.8 cm³/mol. The highest BCUT2D eigenvalue weighted by molar-refractivity contribution is 7.89. The van der Waals surface area contributed by atoms with Crippen LogP contribution in [0.15, 0.2) is 59.5 Å². The summed E-state index contributed by atoms with van der Waals surface area (Å²) in [7, 11) is -2.96. The average Bonchev–Trinajstić information content (AvgIpc) is 2.65. The van der Waals surface area contributed by atoms with E-state index < -0.39 is 40.1 Å². The van der Waals surface area contributed by atoms with Crippen LogP contribution in [0.4, 0.5) is 13.2 Å². The first-order valence-electron chi connectivity index (χ1n) is 8.04. The molecule has 0 aliphatic heterocycles. The lowest BCUT2D eigenvalue weighted by Gasteiger charge is -2.24. The fourth-order valence-electron chi connectivity index (χ4n) is 2.50. The van der Waals surface area contributed by atoms with Crippen molar-refractivity contribution < 1.29 is 35.9 Å². The number of carbonyl (C=O) groups excluding carboxylic acids is 1. The van der Waals surface area contributed by atoms with Crippen LogP contribution >= 0.6 is 0 Å². The van der Waals surface area contributed by atoms with E-state index in [9.17, 15) is 26.4 Å². The lowest BCUT2D eigenvalue weighted by atomic mass is 9.95. The van der Waals surface area contributed by atoms with Gasteiger partial charge in [-0.05, 0) is 29.8 Å². The number of benzene rings is 2. The SMILES string of the molecule is COC(=O)C(C)C(NS(=O)(=O)c1ccc(OC(F)(F)F)cc1)c1ccccc1. The van der Waals surface area contributed by atoms with E-state index in [1.807, 2.05) is 0 Å². The third-order valence-electron chi connectivity index (χ3n) is 3.88. The summed E-state index contributed by atoms with van der Waals surface area (Å²) in [4.78, 5) is 11.7. The van der Waals surface area contributed by atoms with Crippen molar-refractivity contribution in [3.8, 4) is 5.75 Å². The number of ether oxygens (including phenoxy) is 2. The van der Waals surface area contributed by atoms with Gasteiger partial charge in [-0.2, -0.15) is 0 Å². The minimum atomic E-state index is -4.88. The molecule has 1 N–H and O–H groups in total. The number of alkyl halides is 3. The Hall–Kier alpha value is -2.59. The van der Waals surface area contributed by atoms with Gasteiger partial charge in [0.15, 0.2) is 0 Å². The molecule has 0 aromatic heterocycles. The van der Waals surface area contributed by atoms with Crippen molar-refractivity contribution in [3.05, 3.63) is 60.2 Å². The van der Waals surface area contributed by atoms with Crippen molar-refractivity contribution in [2.75, 3.05) is 7.11 Å². The summed E-state index contributed by atoms with van der Waals surface area (Å²) < 4.78 is 73.0. The van der Waals surface area contributed by atoms with Gasteiger partial charge < -0.3 is 9.47 Å². The Labute approximate surface area is 160 Å². The minimum absolute atomic E-state index is 0.278. The fraction of sp³-hybridized carbons (Fsp3) is 0.278. The Balaban J connectivity index is 2.30. The molecule has 0 radical (unpaired) electrons. The van der Waals surface area contributed by atoms with E-state index in [4.69, 9.17) is 4.74 Å². The Bertz CT molecular complexity index is 899. The van der Waals surface area contributed by atoms with Crippen LogP contribution in [0.5, 0.6) is 5.75 Å². The molecule has 2 aromatic carbocycles. The van der Waals surface area contributed by atoms with Gasteiger partial charge in [0, 0.05) is 0 Å². The maximum Gasteiger partial charge on any atom is 0.573 e. The molecule has 2 rings (SSSR count). The van der Waals surface area contributed by atoms with Crippen molar-refractivity contribution in [2.24, 2.45) is 5.92 Å². The van der Waals surface area contributed by atoms with E-state index in [0.29, 0.717) is 5.56 Å². The van der Waals surface area contributed by atoms with E-state index in [2.05, 4.69) is 9.46 Å². The maximum atomic E-state index is 12.7. The van der Waals surface area contributed by atoms with Crippen LogP contribution in [0.2, 0.25) is 0 Å². The number of hydrogen-bond donors (Lipinski definition) is 1. The van der Waals surface area contributed by atoms with Gasteiger partial charge in [-0.25, -0.2) is 13.1 Å². The van der Waals surface area contributed by atoms with Gasteiger partial charge in [0.05, 0.1) is 24.0 Å². The molecule has 0 bridgehead atoms. The Morgan fingerprint density at radius 1 is 1.04 bits per heavy atom. The second-order valence-corrected chi connectivity index (χ2v) is 7.55. The van der Waals surface area contributed by atoms with Crippen molar-refractivity contribution in [1.82, 2.24) is 4.72 Å².